The fourth-order valence-electron chi connectivity index (χ4n) is 3.05. The lowest BCUT2D eigenvalue weighted by molar-refractivity contribution is 0.0932. The fourth-order valence-corrected chi connectivity index (χ4v) is 3.80. The van der Waals surface area contributed by atoms with Gasteiger partial charge in [0, 0.05) is 15.1 Å². The van der Waals surface area contributed by atoms with Crippen molar-refractivity contribution in [2.45, 2.75) is 25.8 Å². The van der Waals surface area contributed by atoms with Gasteiger partial charge < -0.3 is 9.73 Å². The molecule has 1 amide bonds. The molecule has 0 spiro atoms. The van der Waals surface area contributed by atoms with Gasteiger partial charge >= 0.3 is 0 Å². The number of nitrogens with zero attached hydrogens (tertiary/aromatic N) is 1. The fraction of sp³-hybridized carbons (Fsp3) is 0.389. The molecule has 2 aromatic rings. The van der Waals surface area contributed by atoms with Crippen LogP contribution in [0.25, 0.3) is 0 Å². The van der Waals surface area contributed by atoms with Crippen LogP contribution in [0.4, 0.5) is 0 Å². The first kappa shape index (κ1) is 17.8. The van der Waals surface area contributed by atoms with Crippen LogP contribution in [-0.2, 0) is 0 Å². The number of hydrogen-bond donors (Lipinski definition) is 1. The number of halogens is 2. The van der Waals surface area contributed by atoms with E-state index in [1.54, 1.807) is 12.1 Å². The molecule has 1 aromatic carbocycles. The van der Waals surface area contributed by atoms with Gasteiger partial charge in [-0.05, 0) is 85.8 Å². The van der Waals surface area contributed by atoms with Crippen molar-refractivity contribution in [2.24, 2.45) is 0 Å². The van der Waals surface area contributed by atoms with Crippen molar-refractivity contribution in [1.29, 1.82) is 0 Å². The second kappa shape index (κ2) is 7.89. The molecular formula is C18H20ClIN2O2. The van der Waals surface area contributed by atoms with Crippen LogP contribution in [0.3, 0.4) is 0 Å². The maximum atomic E-state index is 12.5. The number of aryl methyl sites for hydroxylation is 1. The molecule has 4 nitrogen and oxygen atoms in total. The molecule has 2 heterocycles. The number of nitrogens with one attached hydrogen (secondary N) is 1. The van der Waals surface area contributed by atoms with Crippen molar-refractivity contribution >= 4 is 40.1 Å². The molecule has 1 saturated heterocycles. The Morgan fingerprint density at radius 1 is 1.33 bits per heavy atom. The third-order valence-electron chi connectivity index (χ3n) is 4.30. The van der Waals surface area contributed by atoms with E-state index in [9.17, 15) is 4.79 Å². The van der Waals surface area contributed by atoms with E-state index in [0.29, 0.717) is 17.1 Å². The monoisotopic (exact) mass is 458 g/mol. The number of amides is 1. The third kappa shape index (κ3) is 4.13. The van der Waals surface area contributed by atoms with E-state index in [1.165, 1.54) is 12.8 Å². The normalized spacial score (nSPS) is 16.3. The van der Waals surface area contributed by atoms with Crippen molar-refractivity contribution in [2.75, 3.05) is 19.6 Å². The summed E-state index contributed by atoms with van der Waals surface area (Å²) in [5.74, 6) is 1.70. The molecule has 0 bridgehead atoms. The molecule has 0 radical (unpaired) electrons. The number of benzene rings is 1. The van der Waals surface area contributed by atoms with E-state index in [2.05, 4.69) is 32.8 Å². The van der Waals surface area contributed by atoms with Gasteiger partial charge in [-0.2, -0.15) is 0 Å². The number of likely N-dealkylation sites (tertiary alicyclic amines) is 1. The maximum Gasteiger partial charge on any atom is 0.252 e. The molecular weight excluding hydrogens is 439 g/mol. The molecule has 24 heavy (non-hydrogen) atoms. The van der Waals surface area contributed by atoms with Crippen molar-refractivity contribution in [1.82, 2.24) is 10.2 Å². The molecule has 1 aliphatic heterocycles. The van der Waals surface area contributed by atoms with Crippen LogP contribution in [0.2, 0.25) is 5.02 Å². The summed E-state index contributed by atoms with van der Waals surface area (Å²) < 4.78 is 6.71. The SMILES string of the molecule is Cc1ccc(C(CNC(=O)c2cc(Cl)ccc2I)N2CCCC2)o1. The van der Waals surface area contributed by atoms with Crippen molar-refractivity contribution in [3.63, 3.8) is 0 Å². The Bertz CT molecular complexity index is 726. The summed E-state index contributed by atoms with van der Waals surface area (Å²) in [7, 11) is 0. The Balaban J connectivity index is 1.73. The first-order valence-corrected chi connectivity index (χ1v) is 9.54. The Morgan fingerprint density at radius 3 is 2.75 bits per heavy atom. The predicted octanol–water partition coefficient (Wildman–Crippen LogP) is 4.41. The van der Waals surface area contributed by atoms with E-state index in [4.69, 9.17) is 16.0 Å². The zero-order valence-electron chi connectivity index (χ0n) is 13.5. The second-order valence-corrected chi connectivity index (χ2v) is 7.64. The molecule has 1 unspecified atom stereocenters. The van der Waals surface area contributed by atoms with Gasteiger partial charge in [0.25, 0.3) is 5.91 Å². The largest absolute Gasteiger partial charge is 0.465 e. The molecule has 128 valence electrons. The van der Waals surface area contributed by atoms with Crippen molar-refractivity contribution in [3.05, 3.63) is 56.0 Å². The summed E-state index contributed by atoms with van der Waals surface area (Å²) in [6.07, 6.45) is 2.38. The summed E-state index contributed by atoms with van der Waals surface area (Å²) in [4.78, 5) is 14.9. The molecule has 0 saturated carbocycles. The van der Waals surface area contributed by atoms with Crippen LogP contribution in [0.15, 0.2) is 34.7 Å². The van der Waals surface area contributed by atoms with E-state index >= 15 is 0 Å². The summed E-state index contributed by atoms with van der Waals surface area (Å²) in [5, 5.41) is 3.62. The Hall–Kier alpha value is -1.05. The molecule has 0 aliphatic carbocycles. The minimum atomic E-state index is -0.102. The summed E-state index contributed by atoms with van der Waals surface area (Å²) in [6.45, 7) is 4.54. The molecule has 1 N–H and O–H groups in total. The Morgan fingerprint density at radius 2 is 2.08 bits per heavy atom. The zero-order chi connectivity index (χ0) is 17.1. The Kier molecular flexibility index (Phi) is 5.84. The number of furan rings is 1. The predicted molar refractivity (Wildman–Crippen MR) is 103 cm³/mol. The average molecular weight is 459 g/mol. The highest BCUT2D eigenvalue weighted by Gasteiger charge is 2.26. The topological polar surface area (TPSA) is 45.5 Å². The zero-order valence-corrected chi connectivity index (χ0v) is 16.4. The van der Waals surface area contributed by atoms with E-state index in [-0.39, 0.29) is 11.9 Å². The van der Waals surface area contributed by atoms with E-state index < -0.39 is 0 Å². The molecule has 3 rings (SSSR count). The minimum absolute atomic E-state index is 0.0713. The quantitative estimate of drug-likeness (QED) is 0.675. The summed E-state index contributed by atoms with van der Waals surface area (Å²) >= 11 is 8.17. The van der Waals surface area contributed by atoms with Crippen LogP contribution < -0.4 is 5.32 Å². The van der Waals surface area contributed by atoms with E-state index in [1.807, 2.05) is 25.1 Å². The summed E-state index contributed by atoms with van der Waals surface area (Å²) in [6, 6.07) is 9.40. The molecule has 6 heteroatoms. The number of carbonyl (C=O) groups excluding carboxylic acids is 1. The van der Waals surface area contributed by atoms with Crippen molar-refractivity contribution in [3.8, 4) is 0 Å². The third-order valence-corrected chi connectivity index (χ3v) is 5.48. The first-order chi connectivity index (χ1) is 11.5. The highest BCUT2D eigenvalue weighted by molar-refractivity contribution is 14.1. The standard InChI is InChI=1S/C18H20ClIN2O2/c1-12-4-7-17(24-12)16(22-8-2-3-9-22)11-21-18(23)14-10-13(19)5-6-15(14)20/h4-7,10,16H,2-3,8-9,11H2,1H3,(H,21,23). The van der Waals surface area contributed by atoms with Gasteiger partial charge in [-0.3, -0.25) is 9.69 Å². The maximum absolute atomic E-state index is 12.5. The van der Waals surface area contributed by atoms with Gasteiger partial charge in [0.2, 0.25) is 0 Å². The van der Waals surface area contributed by atoms with Crippen LogP contribution in [0, 0.1) is 10.5 Å². The number of hydrogen-bond acceptors (Lipinski definition) is 3. The van der Waals surface area contributed by atoms with Gasteiger partial charge in [-0.15, -0.1) is 0 Å². The smallest absolute Gasteiger partial charge is 0.252 e. The first-order valence-electron chi connectivity index (χ1n) is 8.08. The molecule has 1 aliphatic rings. The van der Waals surface area contributed by atoms with Gasteiger partial charge in [-0.25, -0.2) is 0 Å². The summed E-state index contributed by atoms with van der Waals surface area (Å²) in [5.41, 5.74) is 0.610. The van der Waals surface area contributed by atoms with Gasteiger partial charge in [0.15, 0.2) is 0 Å². The Labute approximate surface area is 160 Å². The van der Waals surface area contributed by atoms with E-state index in [0.717, 1.165) is 28.2 Å². The highest BCUT2D eigenvalue weighted by atomic mass is 127. The van der Waals surface area contributed by atoms with Gasteiger partial charge in [-0.1, -0.05) is 11.6 Å². The van der Waals surface area contributed by atoms with Crippen molar-refractivity contribution < 1.29 is 9.21 Å². The minimum Gasteiger partial charge on any atom is -0.465 e. The lowest BCUT2D eigenvalue weighted by Gasteiger charge is -2.26. The number of carbonyl (C=O) groups is 1. The van der Waals surface area contributed by atoms with Crippen LogP contribution in [0.1, 0.15) is 40.8 Å². The second-order valence-electron chi connectivity index (χ2n) is 6.04. The van der Waals surface area contributed by atoms with Gasteiger partial charge in [0.05, 0.1) is 11.6 Å². The van der Waals surface area contributed by atoms with Crippen LogP contribution >= 0.6 is 34.2 Å². The van der Waals surface area contributed by atoms with Gasteiger partial charge in [0.1, 0.15) is 11.5 Å². The number of rotatable bonds is 5. The molecule has 1 fully saturated rings. The van der Waals surface area contributed by atoms with Crippen LogP contribution in [-0.4, -0.2) is 30.4 Å². The highest BCUT2D eigenvalue weighted by Crippen LogP contribution is 2.26. The molecule has 1 aromatic heterocycles. The lowest BCUT2D eigenvalue weighted by Crippen LogP contribution is -2.36. The molecule has 1 atom stereocenters. The lowest BCUT2D eigenvalue weighted by atomic mass is 10.1. The average Bonchev–Trinajstić information content (AvgIpc) is 3.22. The van der Waals surface area contributed by atoms with Crippen LogP contribution in [0.5, 0.6) is 0 Å².